The summed E-state index contributed by atoms with van der Waals surface area (Å²) < 4.78 is 37.1. The van der Waals surface area contributed by atoms with E-state index in [1.165, 1.54) is 25.4 Å². The lowest BCUT2D eigenvalue weighted by Gasteiger charge is -2.21. The second-order valence-corrected chi connectivity index (χ2v) is 10.3. The summed E-state index contributed by atoms with van der Waals surface area (Å²) in [5.74, 6) is -0.0713. The molecular formula is C25H26N2O6S. The monoisotopic (exact) mass is 482 g/mol. The largest absolute Gasteiger partial charge is 0.497 e. The Balaban J connectivity index is 1.96. The van der Waals surface area contributed by atoms with Gasteiger partial charge < -0.3 is 14.8 Å². The number of pyridine rings is 1. The van der Waals surface area contributed by atoms with Gasteiger partial charge in [-0.1, -0.05) is 12.1 Å². The highest BCUT2D eigenvalue weighted by Gasteiger charge is 2.25. The molecule has 0 radical (unpaired) electrons. The van der Waals surface area contributed by atoms with Crippen molar-refractivity contribution in [2.75, 3.05) is 12.4 Å². The highest BCUT2D eigenvalue weighted by atomic mass is 32.2. The van der Waals surface area contributed by atoms with E-state index >= 15 is 0 Å². The van der Waals surface area contributed by atoms with Crippen molar-refractivity contribution in [2.24, 2.45) is 0 Å². The van der Waals surface area contributed by atoms with Crippen LogP contribution >= 0.6 is 0 Å². The molecule has 0 aliphatic heterocycles. The van der Waals surface area contributed by atoms with Gasteiger partial charge in [0.1, 0.15) is 11.4 Å². The summed E-state index contributed by atoms with van der Waals surface area (Å²) in [5, 5.41) is 2.91. The third kappa shape index (κ3) is 5.60. The molecule has 0 unspecified atom stereocenters. The van der Waals surface area contributed by atoms with Gasteiger partial charge >= 0.3 is 5.97 Å². The van der Waals surface area contributed by atoms with Crippen molar-refractivity contribution < 1.29 is 27.5 Å². The van der Waals surface area contributed by atoms with E-state index in [-0.39, 0.29) is 33.3 Å². The third-order valence-corrected chi connectivity index (χ3v) is 6.54. The van der Waals surface area contributed by atoms with E-state index in [0.717, 1.165) is 0 Å². The van der Waals surface area contributed by atoms with Crippen molar-refractivity contribution in [2.45, 2.75) is 42.8 Å². The first-order valence-electron chi connectivity index (χ1n) is 10.5. The van der Waals surface area contributed by atoms with E-state index in [1.807, 2.05) is 0 Å². The maximum Gasteiger partial charge on any atom is 0.340 e. The molecule has 0 atom stereocenters. The van der Waals surface area contributed by atoms with Gasteiger partial charge in [0.2, 0.25) is 9.84 Å². The number of aldehydes is 1. The number of carbonyl (C=O) groups excluding carboxylic acids is 2. The molecule has 0 spiro atoms. The van der Waals surface area contributed by atoms with Crippen molar-refractivity contribution in [1.29, 1.82) is 0 Å². The molecule has 0 aliphatic carbocycles. The maximum absolute atomic E-state index is 13.3. The highest BCUT2D eigenvalue weighted by molar-refractivity contribution is 7.91. The molecule has 1 heterocycles. The van der Waals surface area contributed by atoms with Crippen molar-refractivity contribution in [1.82, 2.24) is 4.98 Å². The van der Waals surface area contributed by atoms with Crippen molar-refractivity contribution in [3.63, 3.8) is 0 Å². The Bertz CT molecular complexity index is 1300. The van der Waals surface area contributed by atoms with Crippen LogP contribution in [0.2, 0.25) is 0 Å². The van der Waals surface area contributed by atoms with Gasteiger partial charge in [0.05, 0.1) is 23.3 Å². The van der Waals surface area contributed by atoms with Crippen LogP contribution in [0.4, 0.5) is 5.69 Å². The molecule has 178 valence electrons. The molecule has 0 saturated carbocycles. The van der Waals surface area contributed by atoms with Crippen LogP contribution in [-0.4, -0.2) is 38.4 Å². The molecule has 34 heavy (non-hydrogen) atoms. The van der Waals surface area contributed by atoms with Crippen LogP contribution in [0.15, 0.2) is 70.7 Å². The zero-order valence-corrected chi connectivity index (χ0v) is 20.2. The van der Waals surface area contributed by atoms with Crippen LogP contribution in [0.1, 0.15) is 47.1 Å². The zero-order valence-electron chi connectivity index (χ0n) is 19.4. The van der Waals surface area contributed by atoms with E-state index in [2.05, 4.69) is 10.3 Å². The second-order valence-electron chi connectivity index (χ2n) is 8.39. The number of methoxy groups -OCH3 is 1. The number of ether oxygens (including phenoxy) is 2. The number of hydrogen-bond donors (Lipinski definition) is 1. The fourth-order valence-electron chi connectivity index (χ4n) is 3.22. The number of esters is 1. The Hall–Kier alpha value is -3.72. The van der Waals surface area contributed by atoms with E-state index in [1.54, 1.807) is 63.2 Å². The number of anilines is 1. The van der Waals surface area contributed by atoms with Gasteiger partial charge in [-0.3, -0.25) is 4.79 Å². The lowest BCUT2D eigenvalue weighted by Crippen LogP contribution is -2.25. The number of rotatable bonds is 8. The Kier molecular flexibility index (Phi) is 7.36. The molecule has 2 aromatic carbocycles. The first-order valence-corrected chi connectivity index (χ1v) is 11.9. The number of nitrogens with one attached hydrogen (secondary N) is 1. The highest BCUT2D eigenvalue weighted by Crippen LogP contribution is 2.27. The summed E-state index contributed by atoms with van der Waals surface area (Å²) in [6.45, 7) is 5.23. The van der Waals surface area contributed by atoms with E-state index in [0.29, 0.717) is 17.6 Å². The second kappa shape index (κ2) is 10.0. The fourth-order valence-corrected chi connectivity index (χ4v) is 4.62. The summed E-state index contributed by atoms with van der Waals surface area (Å²) in [7, 11) is -2.44. The molecule has 0 aliphatic rings. The average Bonchev–Trinajstić information content (AvgIpc) is 2.81. The van der Waals surface area contributed by atoms with Crippen LogP contribution in [0.25, 0.3) is 0 Å². The van der Waals surface area contributed by atoms with Gasteiger partial charge in [-0.15, -0.1) is 0 Å². The molecule has 1 N–H and O–H groups in total. The van der Waals surface area contributed by atoms with E-state index < -0.39 is 21.4 Å². The molecule has 3 aromatic rings. The molecular weight excluding hydrogens is 456 g/mol. The maximum atomic E-state index is 13.3. The topological polar surface area (TPSA) is 112 Å². The first-order chi connectivity index (χ1) is 16.1. The quantitative estimate of drug-likeness (QED) is 0.374. The standard InChI is InChI=1S/C25H26N2O6S/c1-25(2,3)33-24(29)21-9-5-7-18(16-28)22(21)27-15-17-8-6-14-26-23(17)34(30,31)20-12-10-19(32-4)11-13-20/h5-14,16,27H,15H2,1-4H3. The summed E-state index contributed by atoms with van der Waals surface area (Å²) in [4.78, 5) is 28.6. The van der Waals surface area contributed by atoms with Crippen LogP contribution in [0.5, 0.6) is 5.75 Å². The number of carbonyl (C=O) groups is 2. The van der Waals surface area contributed by atoms with Crippen molar-refractivity contribution in [3.05, 3.63) is 77.5 Å². The molecule has 0 bridgehead atoms. The van der Waals surface area contributed by atoms with Gasteiger partial charge in [-0.2, -0.15) is 0 Å². The normalized spacial score (nSPS) is 11.5. The Labute approximate surface area is 198 Å². The Morgan fingerprint density at radius 2 is 1.76 bits per heavy atom. The van der Waals surface area contributed by atoms with E-state index in [9.17, 15) is 18.0 Å². The average molecular weight is 483 g/mol. The smallest absolute Gasteiger partial charge is 0.340 e. The van der Waals surface area contributed by atoms with Gasteiger partial charge in [0.25, 0.3) is 0 Å². The van der Waals surface area contributed by atoms with Crippen LogP contribution in [0.3, 0.4) is 0 Å². The predicted octanol–water partition coefficient (Wildman–Crippen LogP) is 4.30. The minimum Gasteiger partial charge on any atom is -0.497 e. The molecule has 8 nitrogen and oxygen atoms in total. The molecule has 3 rings (SSSR count). The minimum absolute atomic E-state index is 0.000785. The van der Waals surface area contributed by atoms with E-state index in [4.69, 9.17) is 9.47 Å². The van der Waals surface area contributed by atoms with Gasteiger partial charge in [-0.25, -0.2) is 18.2 Å². The van der Waals surface area contributed by atoms with Crippen LogP contribution < -0.4 is 10.1 Å². The number of hydrogen-bond acceptors (Lipinski definition) is 8. The van der Waals surface area contributed by atoms with Gasteiger partial charge in [0, 0.05) is 23.9 Å². The summed E-state index contributed by atoms with van der Waals surface area (Å²) in [5.41, 5.74) is 0.307. The fraction of sp³-hybridized carbons (Fsp3) is 0.240. The molecule has 1 aromatic heterocycles. The lowest BCUT2D eigenvalue weighted by atomic mass is 10.1. The van der Waals surface area contributed by atoms with Crippen LogP contribution in [-0.2, 0) is 21.1 Å². The van der Waals surface area contributed by atoms with Crippen molar-refractivity contribution >= 4 is 27.8 Å². The number of nitrogens with zero attached hydrogens (tertiary/aromatic N) is 1. The predicted molar refractivity (Wildman–Crippen MR) is 127 cm³/mol. The molecule has 0 saturated heterocycles. The first kappa shape index (κ1) is 24.9. The zero-order chi connectivity index (χ0) is 24.9. The number of benzene rings is 2. The molecule has 0 fully saturated rings. The summed E-state index contributed by atoms with van der Waals surface area (Å²) in [6, 6.07) is 13.9. The van der Waals surface area contributed by atoms with Crippen LogP contribution in [0, 0.1) is 0 Å². The van der Waals surface area contributed by atoms with Crippen molar-refractivity contribution in [3.8, 4) is 5.75 Å². The number of para-hydroxylation sites is 1. The van der Waals surface area contributed by atoms with Gasteiger partial charge in [-0.05, 0) is 63.2 Å². The minimum atomic E-state index is -3.93. The summed E-state index contributed by atoms with van der Waals surface area (Å²) >= 11 is 0. The number of sulfone groups is 1. The SMILES string of the molecule is COc1ccc(S(=O)(=O)c2ncccc2CNc2c(C=O)cccc2C(=O)OC(C)(C)C)cc1. The molecule has 9 heteroatoms. The molecule has 0 amide bonds. The summed E-state index contributed by atoms with van der Waals surface area (Å²) in [6.07, 6.45) is 2.01. The van der Waals surface area contributed by atoms with Gasteiger partial charge in [0.15, 0.2) is 11.3 Å². The Morgan fingerprint density at radius 3 is 2.38 bits per heavy atom. The Morgan fingerprint density at radius 1 is 1.06 bits per heavy atom. The lowest BCUT2D eigenvalue weighted by molar-refractivity contribution is 0.00705. The third-order valence-electron chi connectivity index (χ3n) is 4.77. The number of aromatic nitrogens is 1.